The van der Waals surface area contributed by atoms with Crippen LogP contribution >= 0.6 is 0 Å². The number of H-pyrrole nitrogens is 1. The molecule has 4 nitrogen and oxygen atoms in total. The number of benzene rings is 3. The van der Waals surface area contributed by atoms with E-state index in [1.807, 2.05) is 48.2 Å². The van der Waals surface area contributed by atoms with Crippen molar-refractivity contribution >= 4 is 16.9 Å². The molecule has 5 heteroatoms. The molecule has 0 bridgehead atoms. The van der Waals surface area contributed by atoms with Gasteiger partial charge in [0.2, 0.25) is 0 Å². The van der Waals surface area contributed by atoms with Crippen LogP contribution in [0.2, 0.25) is 0 Å². The summed E-state index contributed by atoms with van der Waals surface area (Å²) in [5.41, 5.74) is 6.42. The number of hydrogen-bond acceptors (Lipinski definition) is 1. The van der Waals surface area contributed by atoms with E-state index in [9.17, 15) is 9.18 Å². The van der Waals surface area contributed by atoms with Crippen molar-refractivity contribution in [2.45, 2.75) is 25.9 Å². The summed E-state index contributed by atoms with van der Waals surface area (Å²) in [4.78, 5) is 18.6. The van der Waals surface area contributed by atoms with Crippen LogP contribution in [0.5, 0.6) is 0 Å². The van der Waals surface area contributed by atoms with E-state index in [0.29, 0.717) is 13.1 Å². The van der Waals surface area contributed by atoms with Gasteiger partial charge in [-0.3, -0.25) is 0 Å². The summed E-state index contributed by atoms with van der Waals surface area (Å²) in [6.45, 7) is 3.10. The maximum atomic E-state index is 13.6. The molecule has 1 aliphatic heterocycles. The van der Waals surface area contributed by atoms with E-state index in [4.69, 9.17) is 0 Å². The molecule has 0 saturated heterocycles. The minimum Gasteiger partial charge on any atom is -0.356 e. The van der Waals surface area contributed by atoms with Gasteiger partial charge in [-0.1, -0.05) is 60.2 Å². The zero-order valence-electron chi connectivity index (χ0n) is 17.4. The highest BCUT2D eigenvalue weighted by Crippen LogP contribution is 2.38. The number of fused-ring (bicyclic) bond motifs is 3. The average Bonchev–Trinajstić information content (AvgIpc) is 3.17. The highest BCUT2D eigenvalue weighted by atomic mass is 19.1. The summed E-state index contributed by atoms with van der Waals surface area (Å²) in [7, 11) is 0. The maximum absolute atomic E-state index is 13.6. The quantitative estimate of drug-likeness (QED) is 0.460. The Kier molecular flexibility index (Phi) is 4.94. The molecule has 0 saturated carbocycles. The number of halogens is 1. The van der Waals surface area contributed by atoms with Crippen molar-refractivity contribution in [3.8, 4) is 0 Å². The molecule has 2 heterocycles. The maximum Gasteiger partial charge on any atom is 0.318 e. The van der Waals surface area contributed by atoms with E-state index in [0.717, 1.165) is 28.8 Å². The van der Waals surface area contributed by atoms with Crippen LogP contribution in [0.15, 0.2) is 72.8 Å². The van der Waals surface area contributed by atoms with Crippen LogP contribution in [0.25, 0.3) is 10.9 Å². The van der Waals surface area contributed by atoms with Gasteiger partial charge in [0.15, 0.2) is 0 Å². The number of hydrogen-bond donors (Lipinski definition) is 2. The fourth-order valence-electron chi connectivity index (χ4n) is 4.44. The number of rotatable bonds is 3. The lowest BCUT2D eigenvalue weighted by atomic mass is 9.92. The smallest absolute Gasteiger partial charge is 0.318 e. The van der Waals surface area contributed by atoms with Gasteiger partial charge in [0.05, 0.1) is 6.04 Å². The Morgan fingerprint density at radius 3 is 2.58 bits per heavy atom. The summed E-state index contributed by atoms with van der Waals surface area (Å²) < 4.78 is 13.6. The summed E-state index contributed by atoms with van der Waals surface area (Å²) in [6, 6.07) is 22.3. The predicted octanol–water partition coefficient (Wildman–Crippen LogP) is 5.47. The zero-order chi connectivity index (χ0) is 21.4. The minimum absolute atomic E-state index is 0.126. The second kappa shape index (κ2) is 7.91. The van der Waals surface area contributed by atoms with Crippen molar-refractivity contribution in [3.63, 3.8) is 0 Å². The van der Waals surface area contributed by atoms with Crippen molar-refractivity contribution in [3.05, 3.63) is 107 Å². The molecule has 1 aromatic heterocycles. The topological polar surface area (TPSA) is 48.1 Å². The molecule has 4 aromatic rings. The number of carbonyl (C=O) groups excluding carboxylic acids is 1. The van der Waals surface area contributed by atoms with E-state index >= 15 is 0 Å². The molecule has 0 radical (unpaired) electrons. The SMILES string of the molecule is Cc1ccc(CNC(=O)N2CCc3c([nH]c4ccccc34)C2c2ccc(F)cc2)cc1. The fraction of sp³-hybridized carbons (Fsp3) is 0.192. The number of urea groups is 1. The minimum atomic E-state index is -0.297. The third-order valence-corrected chi connectivity index (χ3v) is 6.05. The Balaban J connectivity index is 1.49. The molecule has 0 spiro atoms. The Morgan fingerprint density at radius 2 is 1.81 bits per heavy atom. The molecule has 3 aromatic carbocycles. The van der Waals surface area contributed by atoms with Crippen LogP contribution in [0.1, 0.15) is 34.0 Å². The van der Waals surface area contributed by atoms with Gasteiger partial charge in [-0.05, 0) is 48.2 Å². The Hall–Kier alpha value is -3.60. The van der Waals surface area contributed by atoms with Gasteiger partial charge in [0.25, 0.3) is 0 Å². The molecular weight excluding hydrogens is 389 g/mol. The second-order valence-corrected chi connectivity index (χ2v) is 8.10. The standard InChI is InChI=1S/C26H24FN3O/c1-17-6-8-18(9-7-17)16-28-26(31)30-15-14-22-21-4-2-3-5-23(21)29-24(22)25(30)19-10-12-20(27)13-11-19/h2-13,25,29H,14-16H2,1H3,(H,28,31). The van der Waals surface area contributed by atoms with Crippen molar-refractivity contribution in [1.29, 1.82) is 0 Å². The third-order valence-electron chi connectivity index (χ3n) is 6.05. The Labute approximate surface area is 180 Å². The molecule has 156 valence electrons. The van der Waals surface area contributed by atoms with Crippen LogP contribution in [-0.2, 0) is 13.0 Å². The van der Waals surface area contributed by atoms with Crippen LogP contribution < -0.4 is 5.32 Å². The number of amides is 2. The monoisotopic (exact) mass is 413 g/mol. The highest BCUT2D eigenvalue weighted by molar-refractivity contribution is 5.86. The van der Waals surface area contributed by atoms with E-state index in [2.05, 4.69) is 22.4 Å². The molecule has 1 atom stereocenters. The summed E-state index contributed by atoms with van der Waals surface area (Å²) in [6.07, 6.45) is 0.773. The average molecular weight is 413 g/mol. The number of aromatic nitrogens is 1. The number of aromatic amines is 1. The largest absolute Gasteiger partial charge is 0.356 e. The molecule has 0 fully saturated rings. The van der Waals surface area contributed by atoms with Gasteiger partial charge in [-0.15, -0.1) is 0 Å². The Bertz CT molecular complexity index is 1230. The molecule has 5 rings (SSSR count). The van der Waals surface area contributed by atoms with Crippen molar-refractivity contribution in [2.75, 3.05) is 6.54 Å². The van der Waals surface area contributed by atoms with Gasteiger partial charge in [0.1, 0.15) is 5.82 Å². The first-order valence-corrected chi connectivity index (χ1v) is 10.5. The summed E-state index contributed by atoms with van der Waals surface area (Å²) >= 11 is 0. The predicted molar refractivity (Wildman–Crippen MR) is 120 cm³/mol. The molecule has 2 N–H and O–H groups in total. The first kappa shape index (κ1) is 19.4. The lowest BCUT2D eigenvalue weighted by molar-refractivity contribution is 0.179. The first-order chi connectivity index (χ1) is 15.1. The molecule has 1 unspecified atom stereocenters. The van der Waals surface area contributed by atoms with Crippen LogP contribution in [0, 0.1) is 12.7 Å². The Morgan fingerprint density at radius 1 is 1.06 bits per heavy atom. The normalized spacial score (nSPS) is 15.7. The van der Waals surface area contributed by atoms with Gasteiger partial charge in [-0.2, -0.15) is 0 Å². The number of carbonyl (C=O) groups is 1. The zero-order valence-corrected chi connectivity index (χ0v) is 17.4. The van der Waals surface area contributed by atoms with E-state index in [1.54, 1.807) is 12.1 Å². The van der Waals surface area contributed by atoms with Gasteiger partial charge < -0.3 is 15.2 Å². The highest BCUT2D eigenvalue weighted by Gasteiger charge is 2.34. The van der Waals surface area contributed by atoms with E-state index < -0.39 is 0 Å². The lowest BCUT2D eigenvalue weighted by Gasteiger charge is -2.36. The van der Waals surface area contributed by atoms with Gasteiger partial charge in [0, 0.05) is 29.7 Å². The third kappa shape index (κ3) is 3.67. The lowest BCUT2D eigenvalue weighted by Crippen LogP contribution is -2.45. The van der Waals surface area contributed by atoms with Crippen molar-refractivity contribution in [2.24, 2.45) is 0 Å². The van der Waals surface area contributed by atoms with Crippen LogP contribution in [0.4, 0.5) is 9.18 Å². The number of nitrogens with zero attached hydrogens (tertiary/aromatic N) is 1. The van der Waals surface area contributed by atoms with Crippen LogP contribution in [0.3, 0.4) is 0 Å². The molecule has 31 heavy (non-hydrogen) atoms. The van der Waals surface area contributed by atoms with E-state index in [1.165, 1.54) is 28.6 Å². The fourth-order valence-corrected chi connectivity index (χ4v) is 4.44. The second-order valence-electron chi connectivity index (χ2n) is 8.10. The molecule has 2 amide bonds. The molecule has 1 aliphatic rings. The first-order valence-electron chi connectivity index (χ1n) is 10.5. The van der Waals surface area contributed by atoms with Gasteiger partial charge >= 0.3 is 6.03 Å². The van der Waals surface area contributed by atoms with Crippen molar-refractivity contribution in [1.82, 2.24) is 15.2 Å². The number of nitrogens with one attached hydrogen (secondary N) is 2. The number of para-hydroxylation sites is 1. The van der Waals surface area contributed by atoms with Crippen LogP contribution in [-0.4, -0.2) is 22.5 Å². The summed E-state index contributed by atoms with van der Waals surface area (Å²) in [5.74, 6) is -0.285. The van der Waals surface area contributed by atoms with E-state index in [-0.39, 0.29) is 17.9 Å². The van der Waals surface area contributed by atoms with Crippen molar-refractivity contribution < 1.29 is 9.18 Å². The summed E-state index contributed by atoms with van der Waals surface area (Å²) in [5, 5.41) is 4.25. The molecule has 0 aliphatic carbocycles. The molecular formula is C26H24FN3O. The van der Waals surface area contributed by atoms with Gasteiger partial charge in [-0.25, -0.2) is 9.18 Å². The number of aryl methyl sites for hydroxylation is 1.